The fourth-order valence-electron chi connectivity index (χ4n) is 2.98. The summed E-state index contributed by atoms with van der Waals surface area (Å²) < 4.78 is 0. The zero-order valence-corrected chi connectivity index (χ0v) is 10.4. The van der Waals surface area contributed by atoms with Gasteiger partial charge in [0.05, 0.1) is 6.42 Å². The second kappa shape index (κ2) is 4.67. The molecule has 0 bridgehead atoms. The number of rotatable bonds is 5. The number of amides is 1. The van der Waals surface area contributed by atoms with Gasteiger partial charge in [-0.3, -0.25) is 9.59 Å². The number of carboxylic acids is 1. The smallest absolute Gasteiger partial charge is 0.303 e. The SMILES string of the molecule is CC1CC1NC(=O)CC1(CC(=O)O)CCCC1. The summed E-state index contributed by atoms with van der Waals surface area (Å²) in [7, 11) is 0. The van der Waals surface area contributed by atoms with Crippen LogP contribution in [0.15, 0.2) is 0 Å². The van der Waals surface area contributed by atoms with Gasteiger partial charge in [-0.1, -0.05) is 19.8 Å². The number of carboxylic acid groups (broad SMARTS) is 1. The van der Waals surface area contributed by atoms with Crippen molar-refractivity contribution in [2.45, 2.75) is 57.9 Å². The van der Waals surface area contributed by atoms with E-state index in [-0.39, 0.29) is 17.7 Å². The Morgan fingerprint density at radius 3 is 2.35 bits per heavy atom. The molecule has 2 atom stereocenters. The van der Waals surface area contributed by atoms with Gasteiger partial charge in [0, 0.05) is 12.5 Å². The van der Waals surface area contributed by atoms with Crippen LogP contribution in [0.2, 0.25) is 0 Å². The fourth-order valence-corrected chi connectivity index (χ4v) is 2.98. The van der Waals surface area contributed by atoms with Crippen LogP contribution >= 0.6 is 0 Å². The van der Waals surface area contributed by atoms with E-state index in [2.05, 4.69) is 12.2 Å². The van der Waals surface area contributed by atoms with Crippen LogP contribution in [-0.2, 0) is 9.59 Å². The molecule has 0 saturated heterocycles. The average molecular weight is 239 g/mol. The summed E-state index contributed by atoms with van der Waals surface area (Å²) >= 11 is 0. The molecule has 0 aliphatic heterocycles. The Bertz CT molecular complexity index is 321. The third-order valence-electron chi connectivity index (χ3n) is 4.18. The van der Waals surface area contributed by atoms with Crippen LogP contribution in [0.1, 0.15) is 51.9 Å². The number of hydrogen-bond donors (Lipinski definition) is 2. The molecule has 0 radical (unpaired) electrons. The Morgan fingerprint density at radius 1 is 1.29 bits per heavy atom. The largest absolute Gasteiger partial charge is 0.481 e. The molecule has 0 aromatic rings. The summed E-state index contributed by atoms with van der Waals surface area (Å²) in [4.78, 5) is 22.8. The Hall–Kier alpha value is -1.06. The number of carbonyl (C=O) groups excluding carboxylic acids is 1. The van der Waals surface area contributed by atoms with E-state index in [0.29, 0.717) is 18.4 Å². The average Bonchev–Trinajstić information content (AvgIpc) is 2.73. The topological polar surface area (TPSA) is 66.4 Å². The van der Waals surface area contributed by atoms with Gasteiger partial charge < -0.3 is 10.4 Å². The molecule has 2 aliphatic rings. The van der Waals surface area contributed by atoms with Gasteiger partial charge in [-0.2, -0.15) is 0 Å². The van der Waals surface area contributed by atoms with Gasteiger partial charge in [0.15, 0.2) is 0 Å². The van der Waals surface area contributed by atoms with E-state index in [9.17, 15) is 9.59 Å². The maximum atomic E-state index is 11.9. The van der Waals surface area contributed by atoms with Crippen molar-refractivity contribution in [1.82, 2.24) is 5.32 Å². The van der Waals surface area contributed by atoms with Crippen LogP contribution in [0.4, 0.5) is 0 Å². The second-order valence-corrected chi connectivity index (χ2v) is 5.84. The maximum absolute atomic E-state index is 11.9. The molecule has 0 heterocycles. The fraction of sp³-hybridized carbons (Fsp3) is 0.846. The van der Waals surface area contributed by atoms with Crippen molar-refractivity contribution in [2.24, 2.45) is 11.3 Å². The highest BCUT2D eigenvalue weighted by molar-refractivity contribution is 5.78. The van der Waals surface area contributed by atoms with Crippen LogP contribution in [0.3, 0.4) is 0 Å². The predicted molar refractivity (Wildman–Crippen MR) is 63.5 cm³/mol. The molecule has 96 valence electrons. The molecule has 2 saturated carbocycles. The molecule has 2 fully saturated rings. The zero-order valence-electron chi connectivity index (χ0n) is 10.4. The third-order valence-corrected chi connectivity index (χ3v) is 4.18. The van der Waals surface area contributed by atoms with Crippen molar-refractivity contribution in [3.63, 3.8) is 0 Å². The Morgan fingerprint density at radius 2 is 1.88 bits per heavy atom. The van der Waals surface area contributed by atoms with Crippen molar-refractivity contribution in [3.8, 4) is 0 Å². The summed E-state index contributed by atoms with van der Waals surface area (Å²) in [5, 5.41) is 12.0. The summed E-state index contributed by atoms with van der Waals surface area (Å²) in [5.41, 5.74) is -0.270. The van der Waals surface area contributed by atoms with E-state index in [1.165, 1.54) is 0 Å². The van der Waals surface area contributed by atoms with Crippen molar-refractivity contribution in [2.75, 3.05) is 0 Å². The summed E-state index contributed by atoms with van der Waals surface area (Å²) in [6, 6.07) is 0.339. The molecule has 2 rings (SSSR count). The predicted octanol–water partition coefficient (Wildman–Crippen LogP) is 1.94. The first-order valence-corrected chi connectivity index (χ1v) is 6.52. The van der Waals surface area contributed by atoms with E-state index < -0.39 is 5.97 Å². The molecule has 17 heavy (non-hydrogen) atoms. The van der Waals surface area contributed by atoms with Crippen LogP contribution in [-0.4, -0.2) is 23.0 Å². The van der Waals surface area contributed by atoms with Crippen LogP contribution in [0.25, 0.3) is 0 Å². The molecule has 4 nitrogen and oxygen atoms in total. The Balaban J connectivity index is 1.88. The minimum atomic E-state index is -0.778. The van der Waals surface area contributed by atoms with Gasteiger partial charge >= 0.3 is 5.97 Å². The lowest BCUT2D eigenvalue weighted by atomic mass is 9.79. The molecule has 4 heteroatoms. The van der Waals surface area contributed by atoms with E-state index in [0.717, 1.165) is 32.1 Å². The Labute approximate surface area is 102 Å². The minimum absolute atomic E-state index is 0.0440. The molecular weight excluding hydrogens is 218 g/mol. The maximum Gasteiger partial charge on any atom is 0.303 e. The molecule has 0 aromatic carbocycles. The quantitative estimate of drug-likeness (QED) is 0.770. The lowest BCUT2D eigenvalue weighted by Crippen LogP contribution is -2.33. The second-order valence-electron chi connectivity index (χ2n) is 5.84. The van der Waals surface area contributed by atoms with Crippen LogP contribution < -0.4 is 5.32 Å². The molecule has 1 amide bonds. The lowest BCUT2D eigenvalue weighted by molar-refractivity contribution is -0.140. The molecule has 2 unspecified atom stereocenters. The first-order valence-electron chi connectivity index (χ1n) is 6.52. The lowest BCUT2D eigenvalue weighted by Gasteiger charge is -2.26. The molecule has 0 aromatic heterocycles. The highest BCUT2D eigenvalue weighted by atomic mass is 16.4. The van der Waals surface area contributed by atoms with Crippen molar-refractivity contribution >= 4 is 11.9 Å². The summed E-state index contributed by atoms with van der Waals surface area (Å²) in [5.74, 6) is -0.139. The number of aliphatic carboxylic acids is 1. The normalized spacial score (nSPS) is 29.9. The van der Waals surface area contributed by atoms with E-state index >= 15 is 0 Å². The first-order chi connectivity index (χ1) is 8.01. The summed E-state index contributed by atoms with van der Waals surface area (Å²) in [6.45, 7) is 2.12. The first kappa shape index (κ1) is 12.4. The van der Waals surface area contributed by atoms with Gasteiger partial charge in [-0.25, -0.2) is 0 Å². The van der Waals surface area contributed by atoms with Gasteiger partial charge in [0.25, 0.3) is 0 Å². The van der Waals surface area contributed by atoms with Crippen LogP contribution in [0.5, 0.6) is 0 Å². The van der Waals surface area contributed by atoms with Gasteiger partial charge in [-0.05, 0) is 30.6 Å². The third kappa shape index (κ3) is 3.20. The highest BCUT2D eigenvalue weighted by Gasteiger charge is 2.40. The summed E-state index contributed by atoms with van der Waals surface area (Å²) in [6.07, 6.45) is 5.47. The highest BCUT2D eigenvalue weighted by Crippen LogP contribution is 2.44. The molecule has 0 spiro atoms. The van der Waals surface area contributed by atoms with Gasteiger partial charge in [0.2, 0.25) is 5.91 Å². The standard InChI is InChI=1S/C13H21NO3/c1-9-6-10(9)14-11(15)7-13(8-12(16)17)4-2-3-5-13/h9-10H,2-8H2,1H3,(H,14,15)(H,16,17). The van der Waals surface area contributed by atoms with E-state index in [4.69, 9.17) is 5.11 Å². The molecule has 2 N–H and O–H groups in total. The molecule has 2 aliphatic carbocycles. The van der Waals surface area contributed by atoms with Gasteiger partial charge in [0.1, 0.15) is 0 Å². The number of carbonyl (C=O) groups is 2. The van der Waals surface area contributed by atoms with Gasteiger partial charge in [-0.15, -0.1) is 0 Å². The number of nitrogens with one attached hydrogen (secondary N) is 1. The number of hydrogen-bond acceptors (Lipinski definition) is 2. The zero-order chi connectivity index (χ0) is 12.5. The minimum Gasteiger partial charge on any atom is -0.481 e. The van der Waals surface area contributed by atoms with E-state index in [1.807, 2.05) is 0 Å². The van der Waals surface area contributed by atoms with Crippen molar-refractivity contribution in [3.05, 3.63) is 0 Å². The van der Waals surface area contributed by atoms with Crippen molar-refractivity contribution in [1.29, 1.82) is 0 Å². The molecular formula is C13H21NO3. The van der Waals surface area contributed by atoms with E-state index in [1.54, 1.807) is 0 Å². The van der Waals surface area contributed by atoms with Crippen LogP contribution in [0, 0.1) is 11.3 Å². The van der Waals surface area contributed by atoms with Crippen molar-refractivity contribution < 1.29 is 14.7 Å². The Kier molecular flexibility index (Phi) is 3.40. The monoisotopic (exact) mass is 239 g/mol.